The fourth-order valence-electron chi connectivity index (χ4n) is 3.52. The van der Waals surface area contributed by atoms with E-state index in [1.165, 1.54) is 0 Å². The molecule has 1 atom stereocenters. The Morgan fingerprint density at radius 2 is 1.79 bits per heavy atom. The molecular formula is C25H24N6O2. The van der Waals surface area contributed by atoms with Gasteiger partial charge in [-0.25, -0.2) is 15.0 Å². The third-order valence-electron chi connectivity index (χ3n) is 5.24. The molecule has 2 aromatic carbocycles. The van der Waals surface area contributed by atoms with E-state index in [1.54, 1.807) is 12.5 Å². The molecule has 0 radical (unpaired) electrons. The molecule has 0 spiro atoms. The molecular weight excluding hydrogens is 416 g/mol. The van der Waals surface area contributed by atoms with Gasteiger partial charge < -0.3 is 20.1 Å². The normalized spacial score (nSPS) is 15.1. The van der Waals surface area contributed by atoms with E-state index in [9.17, 15) is 0 Å². The number of pyridine rings is 1. The molecule has 0 saturated heterocycles. The van der Waals surface area contributed by atoms with E-state index in [1.807, 2.05) is 69.3 Å². The van der Waals surface area contributed by atoms with Crippen molar-refractivity contribution in [2.75, 3.05) is 17.2 Å². The topological polar surface area (TPSA) is 93.6 Å². The van der Waals surface area contributed by atoms with Crippen LogP contribution in [0.5, 0.6) is 11.5 Å². The number of rotatable bonds is 5. The highest BCUT2D eigenvalue weighted by atomic mass is 16.5. The van der Waals surface area contributed by atoms with E-state index >= 15 is 0 Å². The molecule has 166 valence electrons. The van der Waals surface area contributed by atoms with Crippen LogP contribution in [0.15, 0.2) is 66.0 Å². The van der Waals surface area contributed by atoms with Crippen molar-refractivity contribution in [1.82, 2.24) is 15.0 Å². The molecule has 5 rings (SSSR count). The molecule has 1 unspecified atom stereocenters. The number of aromatic nitrogens is 3. The van der Waals surface area contributed by atoms with Crippen LogP contribution in [0, 0.1) is 13.8 Å². The Kier molecular flexibility index (Phi) is 5.48. The van der Waals surface area contributed by atoms with Gasteiger partial charge in [0, 0.05) is 22.5 Å². The summed E-state index contributed by atoms with van der Waals surface area (Å²) in [6.07, 6.45) is 3.28. The molecule has 0 fully saturated rings. The summed E-state index contributed by atoms with van der Waals surface area (Å²) in [6.45, 7) is 6.56. The predicted molar refractivity (Wildman–Crippen MR) is 130 cm³/mol. The number of aliphatic imine (C=N–C) groups is 1. The number of hydrogen-bond donors (Lipinski definition) is 2. The van der Waals surface area contributed by atoms with E-state index in [4.69, 9.17) is 9.47 Å². The molecule has 8 heteroatoms. The summed E-state index contributed by atoms with van der Waals surface area (Å²) >= 11 is 0. The molecule has 0 aliphatic carbocycles. The Morgan fingerprint density at radius 1 is 0.939 bits per heavy atom. The average molecular weight is 441 g/mol. The van der Waals surface area contributed by atoms with Crippen LogP contribution < -0.4 is 15.4 Å². The van der Waals surface area contributed by atoms with Crippen LogP contribution in [0.25, 0.3) is 10.9 Å². The second-order valence-electron chi connectivity index (χ2n) is 8.02. The molecule has 2 aromatic heterocycles. The Morgan fingerprint density at radius 3 is 2.55 bits per heavy atom. The standard InChI is InChI=1S/C25H24N6O2/c1-15-10-18(6-9-23(15)33-20-7-4-16(2)26-12-20)30-24-21-11-19(5-8-22(21)27-14-28-24)31-25-29-17(3)13-32-25/h4-12,14,17H,13H2,1-3H3,(H,29,31)(H,27,28,30). The molecule has 33 heavy (non-hydrogen) atoms. The maximum Gasteiger partial charge on any atom is 0.289 e. The lowest BCUT2D eigenvalue weighted by Gasteiger charge is -2.13. The quantitative estimate of drug-likeness (QED) is 0.431. The summed E-state index contributed by atoms with van der Waals surface area (Å²) in [5, 5.41) is 7.51. The molecule has 3 heterocycles. The maximum atomic E-state index is 5.98. The van der Waals surface area contributed by atoms with Crippen LogP contribution in [0.1, 0.15) is 18.2 Å². The van der Waals surface area contributed by atoms with Crippen molar-refractivity contribution in [1.29, 1.82) is 0 Å². The van der Waals surface area contributed by atoms with Crippen LogP contribution in [-0.2, 0) is 4.74 Å². The lowest BCUT2D eigenvalue weighted by atomic mass is 10.1. The summed E-state index contributed by atoms with van der Waals surface area (Å²) in [7, 11) is 0. The molecule has 8 nitrogen and oxygen atoms in total. The summed E-state index contributed by atoms with van der Waals surface area (Å²) < 4.78 is 11.5. The number of ether oxygens (including phenoxy) is 2. The van der Waals surface area contributed by atoms with Gasteiger partial charge in [-0.3, -0.25) is 4.98 Å². The van der Waals surface area contributed by atoms with Crippen molar-refractivity contribution in [2.45, 2.75) is 26.8 Å². The van der Waals surface area contributed by atoms with Crippen molar-refractivity contribution in [3.05, 3.63) is 72.3 Å². The zero-order valence-corrected chi connectivity index (χ0v) is 18.7. The average Bonchev–Trinajstić information content (AvgIpc) is 3.22. The zero-order valence-electron chi connectivity index (χ0n) is 18.7. The Bertz CT molecular complexity index is 1340. The van der Waals surface area contributed by atoms with Crippen molar-refractivity contribution in [2.24, 2.45) is 4.99 Å². The molecule has 2 N–H and O–H groups in total. The lowest BCUT2D eigenvalue weighted by molar-refractivity contribution is 0.322. The van der Waals surface area contributed by atoms with Gasteiger partial charge in [-0.2, -0.15) is 0 Å². The minimum absolute atomic E-state index is 0.158. The first kappa shape index (κ1) is 20.7. The minimum Gasteiger partial charge on any atom is -0.463 e. The third-order valence-corrected chi connectivity index (χ3v) is 5.24. The first-order valence-corrected chi connectivity index (χ1v) is 10.7. The van der Waals surface area contributed by atoms with E-state index in [0.717, 1.165) is 39.3 Å². The summed E-state index contributed by atoms with van der Waals surface area (Å²) in [6, 6.07) is 16.3. The zero-order chi connectivity index (χ0) is 22.8. The van der Waals surface area contributed by atoms with Crippen molar-refractivity contribution < 1.29 is 9.47 Å². The van der Waals surface area contributed by atoms with Gasteiger partial charge in [0.1, 0.15) is 30.3 Å². The lowest BCUT2D eigenvalue weighted by Crippen LogP contribution is -2.11. The van der Waals surface area contributed by atoms with Crippen molar-refractivity contribution >= 4 is 34.1 Å². The molecule has 1 aliphatic rings. The fraction of sp³-hybridized carbons (Fsp3) is 0.200. The number of hydrogen-bond acceptors (Lipinski definition) is 8. The van der Waals surface area contributed by atoms with Crippen molar-refractivity contribution in [3.8, 4) is 11.5 Å². The number of aryl methyl sites for hydroxylation is 2. The number of fused-ring (bicyclic) bond motifs is 1. The van der Waals surface area contributed by atoms with Gasteiger partial charge in [-0.15, -0.1) is 0 Å². The summed E-state index contributed by atoms with van der Waals surface area (Å²) in [5.41, 5.74) is 4.54. The minimum atomic E-state index is 0.158. The number of anilines is 3. The first-order valence-electron chi connectivity index (χ1n) is 10.7. The molecule has 0 saturated carbocycles. The first-order chi connectivity index (χ1) is 16.0. The van der Waals surface area contributed by atoms with E-state index in [2.05, 4.69) is 30.6 Å². The maximum absolute atomic E-state index is 5.98. The fourth-order valence-corrected chi connectivity index (χ4v) is 3.52. The van der Waals surface area contributed by atoms with Crippen LogP contribution in [0.2, 0.25) is 0 Å². The second kappa shape index (κ2) is 8.74. The van der Waals surface area contributed by atoms with Crippen LogP contribution in [0.3, 0.4) is 0 Å². The van der Waals surface area contributed by atoms with Gasteiger partial charge >= 0.3 is 0 Å². The largest absolute Gasteiger partial charge is 0.463 e. The van der Waals surface area contributed by atoms with Crippen LogP contribution in [0.4, 0.5) is 17.2 Å². The summed E-state index contributed by atoms with van der Waals surface area (Å²) in [5.74, 6) is 2.19. The van der Waals surface area contributed by atoms with Gasteiger partial charge in [0.15, 0.2) is 0 Å². The van der Waals surface area contributed by atoms with Gasteiger partial charge in [-0.1, -0.05) is 0 Å². The van der Waals surface area contributed by atoms with Gasteiger partial charge in [0.2, 0.25) is 0 Å². The predicted octanol–water partition coefficient (Wildman–Crippen LogP) is 5.36. The highest BCUT2D eigenvalue weighted by Gasteiger charge is 2.15. The van der Waals surface area contributed by atoms with Gasteiger partial charge in [0.25, 0.3) is 6.02 Å². The Labute approximate surface area is 191 Å². The van der Waals surface area contributed by atoms with Gasteiger partial charge in [-0.05, 0) is 74.9 Å². The van der Waals surface area contributed by atoms with Crippen LogP contribution in [-0.4, -0.2) is 33.6 Å². The monoisotopic (exact) mass is 440 g/mol. The Balaban J connectivity index is 1.38. The van der Waals surface area contributed by atoms with Crippen LogP contribution >= 0.6 is 0 Å². The Hall–Kier alpha value is -4.20. The van der Waals surface area contributed by atoms with E-state index in [0.29, 0.717) is 24.2 Å². The molecule has 0 amide bonds. The highest BCUT2D eigenvalue weighted by molar-refractivity contribution is 5.97. The number of nitrogens with one attached hydrogen (secondary N) is 2. The summed E-state index contributed by atoms with van der Waals surface area (Å²) in [4.78, 5) is 17.6. The second-order valence-corrected chi connectivity index (χ2v) is 8.02. The molecule has 4 aromatic rings. The highest BCUT2D eigenvalue weighted by Crippen LogP contribution is 2.30. The van der Waals surface area contributed by atoms with Gasteiger partial charge in [0.05, 0.1) is 17.8 Å². The van der Waals surface area contributed by atoms with Crippen molar-refractivity contribution in [3.63, 3.8) is 0 Å². The number of nitrogens with zero attached hydrogens (tertiary/aromatic N) is 4. The number of benzene rings is 2. The SMILES string of the molecule is Cc1ccc(Oc2ccc(Nc3ncnc4ccc(NC5=NC(C)CO5)cc34)cc2C)cn1. The number of amidine groups is 1. The van der Waals surface area contributed by atoms with E-state index < -0.39 is 0 Å². The third kappa shape index (κ3) is 4.69. The smallest absolute Gasteiger partial charge is 0.289 e. The molecule has 1 aliphatic heterocycles. The van der Waals surface area contributed by atoms with E-state index in [-0.39, 0.29) is 6.04 Å². The molecule has 0 bridgehead atoms.